The van der Waals surface area contributed by atoms with Gasteiger partial charge >= 0.3 is 0 Å². The Labute approximate surface area is 190 Å². The first-order valence-electron chi connectivity index (χ1n) is 11.2. The minimum atomic E-state index is -0.0755. The minimum absolute atomic E-state index is 0.0200. The van der Waals surface area contributed by atoms with Gasteiger partial charge in [-0.05, 0) is 49.4 Å². The van der Waals surface area contributed by atoms with E-state index >= 15 is 0 Å². The number of carbonyl (C=O) groups is 1. The predicted octanol–water partition coefficient (Wildman–Crippen LogP) is 3.20. The molecule has 32 heavy (non-hydrogen) atoms. The fourth-order valence-electron chi connectivity index (χ4n) is 2.98. The molecule has 1 aliphatic rings. The van der Waals surface area contributed by atoms with Crippen molar-refractivity contribution in [2.24, 2.45) is 10.9 Å². The van der Waals surface area contributed by atoms with Crippen molar-refractivity contribution in [3.05, 3.63) is 59.7 Å². The molecule has 3 rings (SSSR count). The molecule has 0 aliphatic heterocycles. The normalized spacial score (nSPS) is 13.4. The maximum atomic E-state index is 11.7. The second-order valence-corrected chi connectivity index (χ2v) is 8.14. The van der Waals surface area contributed by atoms with Crippen LogP contribution in [0.2, 0.25) is 0 Å². The highest BCUT2D eigenvalue weighted by atomic mass is 16.5. The molecule has 1 aliphatic carbocycles. The Morgan fingerprint density at radius 1 is 1.09 bits per heavy atom. The summed E-state index contributed by atoms with van der Waals surface area (Å²) in [5.74, 6) is 2.97. The van der Waals surface area contributed by atoms with Crippen LogP contribution >= 0.6 is 0 Å². The number of aliphatic imine (C=N–C) groups is 1. The van der Waals surface area contributed by atoms with Crippen molar-refractivity contribution in [3.8, 4) is 11.5 Å². The monoisotopic (exact) mass is 438 g/mol. The molecule has 7 heteroatoms. The Bertz CT molecular complexity index is 910. The zero-order valence-electron chi connectivity index (χ0n) is 19.3. The molecular weight excluding hydrogens is 404 g/mol. The van der Waals surface area contributed by atoms with Crippen molar-refractivity contribution in [2.75, 3.05) is 33.9 Å². The Balaban J connectivity index is 1.57. The number of hydrogen-bond donors (Lipinski definition) is 2. The molecule has 2 N–H and O–H groups in total. The lowest BCUT2D eigenvalue weighted by Crippen LogP contribution is -2.36. The first kappa shape index (κ1) is 23.4. The summed E-state index contributed by atoms with van der Waals surface area (Å²) in [5, 5.41) is 6.68. The highest BCUT2D eigenvalue weighted by Gasteiger charge is 2.22. The molecule has 1 fully saturated rings. The van der Waals surface area contributed by atoms with Crippen LogP contribution in [-0.4, -0.2) is 50.6 Å². The van der Waals surface area contributed by atoms with E-state index in [1.807, 2.05) is 49.4 Å². The Kier molecular flexibility index (Phi) is 8.78. The summed E-state index contributed by atoms with van der Waals surface area (Å²) in [7, 11) is 3.42. The average molecular weight is 439 g/mol. The lowest BCUT2D eigenvalue weighted by Gasteiger charge is -2.15. The van der Waals surface area contributed by atoms with Gasteiger partial charge in [-0.2, -0.15) is 0 Å². The largest absolute Gasteiger partial charge is 0.493 e. The van der Waals surface area contributed by atoms with E-state index in [4.69, 9.17) is 14.5 Å². The Morgan fingerprint density at radius 3 is 2.66 bits per heavy atom. The van der Waals surface area contributed by atoms with Crippen LogP contribution in [0.1, 0.15) is 30.9 Å². The van der Waals surface area contributed by atoms with Gasteiger partial charge in [0.25, 0.3) is 5.91 Å². The van der Waals surface area contributed by atoms with Crippen molar-refractivity contribution in [1.82, 2.24) is 15.5 Å². The lowest BCUT2D eigenvalue weighted by molar-refractivity contribution is -0.130. The summed E-state index contributed by atoms with van der Waals surface area (Å²) >= 11 is 0. The van der Waals surface area contributed by atoms with Crippen LogP contribution in [0.4, 0.5) is 0 Å². The first-order chi connectivity index (χ1) is 15.5. The van der Waals surface area contributed by atoms with Crippen LogP contribution in [0.15, 0.2) is 53.5 Å². The number of rotatable bonds is 11. The third-order valence-corrected chi connectivity index (χ3v) is 5.11. The molecule has 172 valence electrons. The third-order valence-electron chi connectivity index (χ3n) is 5.11. The highest BCUT2D eigenvalue weighted by Crippen LogP contribution is 2.30. The lowest BCUT2D eigenvalue weighted by atomic mass is 10.2. The number of para-hydroxylation sites is 1. The number of likely N-dealkylation sites (N-methyl/N-ethyl adjacent to an activating group) is 1. The van der Waals surface area contributed by atoms with Gasteiger partial charge in [-0.25, -0.2) is 4.99 Å². The number of ether oxygens (including phenoxy) is 2. The summed E-state index contributed by atoms with van der Waals surface area (Å²) in [6.07, 6.45) is 2.55. The van der Waals surface area contributed by atoms with E-state index in [2.05, 4.69) is 16.7 Å². The van der Waals surface area contributed by atoms with Crippen molar-refractivity contribution >= 4 is 11.9 Å². The predicted molar refractivity (Wildman–Crippen MR) is 127 cm³/mol. The van der Waals surface area contributed by atoms with E-state index < -0.39 is 0 Å². The van der Waals surface area contributed by atoms with Gasteiger partial charge in [0.1, 0.15) is 11.5 Å². The number of hydrogen-bond acceptors (Lipinski definition) is 4. The summed E-state index contributed by atoms with van der Waals surface area (Å²) in [6.45, 7) is 4.74. The molecule has 0 atom stereocenters. The summed E-state index contributed by atoms with van der Waals surface area (Å²) in [4.78, 5) is 17.9. The van der Waals surface area contributed by atoms with Crippen molar-refractivity contribution in [2.45, 2.75) is 32.9 Å². The molecule has 1 amide bonds. The van der Waals surface area contributed by atoms with Crippen LogP contribution in [0.5, 0.6) is 11.5 Å². The fraction of sp³-hybridized carbons (Fsp3) is 0.440. The van der Waals surface area contributed by atoms with E-state index in [1.165, 1.54) is 17.7 Å². The molecule has 0 bridgehead atoms. The van der Waals surface area contributed by atoms with Gasteiger partial charge in [0.15, 0.2) is 12.6 Å². The molecular formula is C25H34N4O3. The zero-order valence-corrected chi connectivity index (χ0v) is 19.3. The molecule has 2 aromatic carbocycles. The van der Waals surface area contributed by atoms with Crippen molar-refractivity contribution in [3.63, 3.8) is 0 Å². The standard InChI is InChI=1S/C25H34N4O3/c1-4-26-25(28-16-21-9-5-6-11-23(21)32-17-19-12-13-19)27-15-20-8-7-10-22(14-20)31-18-24(30)29(2)3/h5-11,14,19H,4,12-13,15-18H2,1-3H3,(H2,26,27,28). The number of amides is 1. The summed E-state index contributed by atoms with van der Waals surface area (Å²) < 4.78 is 11.6. The Hall–Kier alpha value is -3.22. The Morgan fingerprint density at radius 2 is 1.91 bits per heavy atom. The molecule has 0 heterocycles. The molecule has 0 spiro atoms. The van der Waals surface area contributed by atoms with E-state index in [9.17, 15) is 4.79 Å². The van der Waals surface area contributed by atoms with Gasteiger partial charge < -0.3 is 25.0 Å². The number of guanidine groups is 1. The number of nitrogens with one attached hydrogen (secondary N) is 2. The van der Waals surface area contributed by atoms with E-state index in [-0.39, 0.29) is 12.5 Å². The number of benzene rings is 2. The third kappa shape index (κ3) is 7.80. The molecule has 0 radical (unpaired) electrons. The second kappa shape index (κ2) is 12.0. The SMILES string of the molecule is CCNC(=NCc1cccc(OCC(=O)N(C)C)c1)NCc1ccccc1OCC1CC1. The smallest absolute Gasteiger partial charge is 0.259 e. The van der Waals surface area contributed by atoms with Crippen LogP contribution < -0.4 is 20.1 Å². The molecule has 0 unspecified atom stereocenters. The summed E-state index contributed by atoms with van der Waals surface area (Å²) in [6, 6.07) is 15.8. The van der Waals surface area contributed by atoms with Crippen LogP contribution in [0.25, 0.3) is 0 Å². The average Bonchev–Trinajstić information content (AvgIpc) is 3.63. The zero-order chi connectivity index (χ0) is 22.8. The first-order valence-corrected chi connectivity index (χ1v) is 11.2. The second-order valence-electron chi connectivity index (χ2n) is 8.14. The maximum absolute atomic E-state index is 11.7. The summed E-state index contributed by atoms with van der Waals surface area (Å²) in [5.41, 5.74) is 2.12. The van der Waals surface area contributed by atoms with Gasteiger partial charge in [-0.1, -0.05) is 30.3 Å². The molecule has 1 saturated carbocycles. The maximum Gasteiger partial charge on any atom is 0.259 e. The van der Waals surface area contributed by atoms with Crippen LogP contribution in [0.3, 0.4) is 0 Å². The van der Waals surface area contributed by atoms with E-state index in [1.54, 1.807) is 14.1 Å². The topological polar surface area (TPSA) is 75.2 Å². The van der Waals surface area contributed by atoms with Gasteiger partial charge in [-0.3, -0.25) is 4.79 Å². The van der Waals surface area contributed by atoms with Crippen LogP contribution in [0, 0.1) is 5.92 Å². The quantitative estimate of drug-likeness (QED) is 0.416. The number of carbonyl (C=O) groups excluding carboxylic acids is 1. The van der Waals surface area contributed by atoms with Gasteiger partial charge in [-0.15, -0.1) is 0 Å². The van der Waals surface area contributed by atoms with Gasteiger partial charge in [0.05, 0.1) is 13.2 Å². The minimum Gasteiger partial charge on any atom is -0.493 e. The molecule has 2 aromatic rings. The molecule has 0 saturated heterocycles. The van der Waals surface area contributed by atoms with Crippen LogP contribution in [-0.2, 0) is 17.9 Å². The molecule has 7 nitrogen and oxygen atoms in total. The van der Waals surface area contributed by atoms with Gasteiger partial charge in [0.2, 0.25) is 0 Å². The highest BCUT2D eigenvalue weighted by molar-refractivity contribution is 5.79. The molecule has 0 aromatic heterocycles. The van der Waals surface area contributed by atoms with E-state index in [0.717, 1.165) is 41.9 Å². The van der Waals surface area contributed by atoms with E-state index in [0.29, 0.717) is 18.8 Å². The van der Waals surface area contributed by atoms with Crippen molar-refractivity contribution in [1.29, 1.82) is 0 Å². The fourth-order valence-corrected chi connectivity index (χ4v) is 2.98. The number of nitrogens with zero attached hydrogens (tertiary/aromatic N) is 2. The van der Waals surface area contributed by atoms with Crippen molar-refractivity contribution < 1.29 is 14.3 Å². The van der Waals surface area contributed by atoms with Gasteiger partial charge in [0, 0.05) is 32.7 Å².